The molecule has 2 amide bonds. The van der Waals surface area contributed by atoms with Crippen LogP contribution in [-0.2, 0) is 4.79 Å². The molecule has 0 aliphatic carbocycles. The molecule has 0 saturated carbocycles. The van der Waals surface area contributed by atoms with Gasteiger partial charge in [0.05, 0.1) is 5.92 Å². The highest BCUT2D eigenvalue weighted by molar-refractivity contribution is 5.90. The minimum absolute atomic E-state index is 0.144. The predicted molar refractivity (Wildman–Crippen MR) is 91.3 cm³/mol. The zero-order valence-electron chi connectivity index (χ0n) is 13.8. The van der Waals surface area contributed by atoms with E-state index in [9.17, 15) is 14.7 Å². The van der Waals surface area contributed by atoms with Crippen molar-refractivity contribution < 1.29 is 24.2 Å². The Morgan fingerprint density at radius 3 is 2.81 bits per heavy atom. The number of amides is 2. The van der Waals surface area contributed by atoms with Gasteiger partial charge in [-0.05, 0) is 23.8 Å². The first kappa shape index (κ1) is 16.2. The fourth-order valence-corrected chi connectivity index (χ4v) is 3.33. The van der Waals surface area contributed by atoms with Crippen LogP contribution in [0.5, 0.6) is 11.5 Å². The highest BCUT2D eigenvalue weighted by atomic mass is 16.7. The number of urea groups is 1. The summed E-state index contributed by atoms with van der Waals surface area (Å²) in [5.41, 5.74) is 1.38. The molecule has 0 bridgehead atoms. The second-order valence-electron chi connectivity index (χ2n) is 6.24. The molecule has 2 N–H and O–H groups in total. The van der Waals surface area contributed by atoms with E-state index >= 15 is 0 Å². The number of carboxylic acid groups (broad SMARTS) is 1. The number of aliphatic carboxylic acids is 1. The molecule has 2 aromatic rings. The van der Waals surface area contributed by atoms with Gasteiger partial charge in [-0.15, -0.1) is 0 Å². The summed E-state index contributed by atoms with van der Waals surface area (Å²) in [5, 5.41) is 12.3. The largest absolute Gasteiger partial charge is 0.481 e. The fourth-order valence-electron chi connectivity index (χ4n) is 3.33. The molecule has 0 unspecified atom stereocenters. The number of benzene rings is 1. The molecule has 8 heteroatoms. The molecule has 3 heterocycles. The van der Waals surface area contributed by atoms with E-state index < -0.39 is 11.9 Å². The molecule has 1 aromatic heterocycles. The van der Waals surface area contributed by atoms with Crippen molar-refractivity contribution in [2.45, 2.75) is 5.92 Å². The van der Waals surface area contributed by atoms with E-state index in [0.717, 1.165) is 5.56 Å². The van der Waals surface area contributed by atoms with Gasteiger partial charge in [-0.2, -0.15) is 0 Å². The number of fused-ring (bicyclic) bond motifs is 1. The number of hydrogen-bond acceptors (Lipinski definition) is 5. The first-order valence-electron chi connectivity index (χ1n) is 8.20. The maximum atomic E-state index is 12.6. The summed E-state index contributed by atoms with van der Waals surface area (Å²) < 4.78 is 10.5. The molecule has 4 rings (SSSR count). The average Bonchev–Trinajstić information content (AvgIpc) is 3.29. The molecule has 2 aliphatic heterocycles. The Hall–Kier alpha value is -3.29. The van der Waals surface area contributed by atoms with Crippen molar-refractivity contribution in [1.82, 2.24) is 9.88 Å². The number of likely N-dealkylation sites (tertiary alicyclic amines) is 1. The number of carbonyl (C=O) groups is 2. The zero-order valence-corrected chi connectivity index (χ0v) is 13.8. The molecule has 2 atom stereocenters. The molecule has 134 valence electrons. The van der Waals surface area contributed by atoms with Crippen LogP contribution in [0.2, 0.25) is 0 Å². The second-order valence-corrected chi connectivity index (χ2v) is 6.24. The Bertz CT molecular complexity index is 842. The van der Waals surface area contributed by atoms with Gasteiger partial charge in [0.25, 0.3) is 0 Å². The maximum absolute atomic E-state index is 12.6. The molecule has 26 heavy (non-hydrogen) atoms. The molecule has 0 spiro atoms. The van der Waals surface area contributed by atoms with Gasteiger partial charge in [-0.3, -0.25) is 9.78 Å². The lowest BCUT2D eigenvalue weighted by molar-refractivity contribution is -0.141. The fraction of sp³-hybridized carbons (Fsp3) is 0.278. The third-order valence-electron chi connectivity index (χ3n) is 4.66. The van der Waals surface area contributed by atoms with Crippen molar-refractivity contribution in [3.63, 3.8) is 0 Å². The molecule has 1 saturated heterocycles. The number of hydrogen-bond donors (Lipinski definition) is 2. The van der Waals surface area contributed by atoms with Crippen molar-refractivity contribution in [2.24, 2.45) is 5.92 Å². The van der Waals surface area contributed by atoms with Crippen molar-refractivity contribution in [3.8, 4) is 11.5 Å². The monoisotopic (exact) mass is 355 g/mol. The smallest absolute Gasteiger partial charge is 0.321 e. The summed E-state index contributed by atoms with van der Waals surface area (Å²) in [5.74, 6) is -0.671. The summed E-state index contributed by atoms with van der Waals surface area (Å²) in [4.78, 5) is 29.8. The van der Waals surface area contributed by atoms with Crippen molar-refractivity contribution in [3.05, 3.63) is 48.3 Å². The second kappa shape index (κ2) is 6.55. The number of nitrogens with zero attached hydrogens (tertiary/aromatic N) is 2. The van der Waals surface area contributed by atoms with Crippen LogP contribution in [0.25, 0.3) is 0 Å². The van der Waals surface area contributed by atoms with Crippen LogP contribution in [0.4, 0.5) is 10.5 Å². The van der Waals surface area contributed by atoms with Gasteiger partial charge in [0, 0.05) is 43.2 Å². The van der Waals surface area contributed by atoms with Crippen LogP contribution < -0.4 is 14.8 Å². The summed E-state index contributed by atoms with van der Waals surface area (Å²) >= 11 is 0. The van der Waals surface area contributed by atoms with Gasteiger partial charge in [0.2, 0.25) is 6.79 Å². The minimum Gasteiger partial charge on any atom is -0.481 e. The standard InChI is InChI=1S/C18H17N3O5/c22-17(23)14-9-21(8-13(14)11-2-1-5-19-7-11)18(24)20-12-3-4-15-16(6-12)26-10-25-15/h1-7,13-14H,8-10H2,(H,20,24)(H,22,23)/t13-,14+/m0/s1. The van der Waals surface area contributed by atoms with Crippen LogP contribution >= 0.6 is 0 Å². The molecule has 0 radical (unpaired) electrons. The van der Waals surface area contributed by atoms with E-state index in [0.29, 0.717) is 23.7 Å². The molecule has 2 aliphatic rings. The van der Waals surface area contributed by atoms with E-state index in [-0.39, 0.29) is 25.3 Å². The lowest BCUT2D eigenvalue weighted by Gasteiger charge is -2.17. The van der Waals surface area contributed by atoms with Crippen molar-refractivity contribution in [2.75, 3.05) is 25.2 Å². The van der Waals surface area contributed by atoms with Gasteiger partial charge < -0.3 is 24.8 Å². The molecular formula is C18H17N3O5. The Balaban J connectivity index is 1.49. The summed E-state index contributed by atoms with van der Waals surface area (Å²) in [6.45, 7) is 0.621. The lowest BCUT2D eigenvalue weighted by Crippen LogP contribution is -2.33. The van der Waals surface area contributed by atoms with Gasteiger partial charge in [-0.25, -0.2) is 4.79 Å². The highest BCUT2D eigenvalue weighted by Gasteiger charge is 2.40. The predicted octanol–water partition coefficient (Wildman–Crippen LogP) is 2.14. The van der Waals surface area contributed by atoms with Crippen molar-refractivity contribution in [1.29, 1.82) is 0 Å². The molecular weight excluding hydrogens is 338 g/mol. The number of nitrogens with one attached hydrogen (secondary N) is 1. The quantitative estimate of drug-likeness (QED) is 0.875. The van der Waals surface area contributed by atoms with Crippen LogP contribution in [-0.4, -0.2) is 46.9 Å². The van der Waals surface area contributed by atoms with E-state index in [1.807, 2.05) is 6.07 Å². The molecule has 1 fully saturated rings. The Labute approximate surface area is 149 Å². The topological polar surface area (TPSA) is 101 Å². The summed E-state index contributed by atoms with van der Waals surface area (Å²) in [6.07, 6.45) is 3.29. The normalized spacial score (nSPS) is 20.8. The minimum atomic E-state index is -0.919. The number of rotatable bonds is 3. The van der Waals surface area contributed by atoms with E-state index in [2.05, 4.69) is 10.3 Å². The number of carboxylic acids is 1. The van der Waals surface area contributed by atoms with Crippen LogP contribution in [0.3, 0.4) is 0 Å². The van der Waals surface area contributed by atoms with E-state index in [4.69, 9.17) is 9.47 Å². The highest BCUT2D eigenvalue weighted by Crippen LogP contribution is 2.35. The molecule has 8 nitrogen and oxygen atoms in total. The lowest BCUT2D eigenvalue weighted by atomic mass is 9.90. The Morgan fingerprint density at radius 1 is 1.19 bits per heavy atom. The maximum Gasteiger partial charge on any atom is 0.321 e. The van der Waals surface area contributed by atoms with E-state index in [1.54, 1.807) is 36.7 Å². The first-order valence-corrected chi connectivity index (χ1v) is 8.20. The Morgan fingerprint density at radius 2 is 2.04 bits per heavy atom. The zero-order chi connectivity index (χ0) is 18.1. The first-order chi connectivity index (χ1) is 12.6. The third kappa shape index (κ3) is 3.01. The molecule has 1 aromatic carbocycles. The Kier molecular flexibility index (Phi) is 4.08. The van der Waals surface area contributed by atoms with Gasteiger partial charge >= 0.3 is 12.0 Å². The van der Waals surface area contributed by atoms with Gasteiger partial charge in [0.1, 0.15) is 0 Å². The number of ether oxygens (including phenoxy) is 2. The van der Waals surface area contributed by atoms with E-state index in [1.165, 1.54) is 4.90 Å². The summed E-state index contributed by atoms with van der Waals surface area (Å²) in [6, 6.07) is 8.39. The van der Waals surface area contributed by atoms with Crippen LogP contribution in [0.15, 0.2) is 42.7 Å². The van der Waals surface area contributed by atoms with Crippen LogP contribution in [0.1, 0.15) is 11.5 Å². The van der Waals surface area contributed by atoms with Crippen molar-refractivity contribution >= 4 is 17.7 Å². The SMILES string of the molecule is O=C(O)[C@@H]1CN(C(=O)Nc2ccc3c(c2)OCO3)C[C@H]1c1cccnc1. The average molecular weight is 355 g/mol. The number of pyridine rings is 1. The third-order valence-corrected chi connectivity index (χ3v) is 4.66. The summed E-state index contributed by atoms with van der Waals surface area (Å²) in [7, 11) is 0. The van der Waals surface area contributed by atoms with Gasteiger partial charge in [-0.1, -0.05) is 6.07 Å². The number of anilines is 1. The number of carbonyl (C=O) groups excluding carboxylic acids is 1. The van der Waals surface area contributed by atoms with Gasteiger partial charge in [0.15, 0.2) is 11.5 Å². The van der Waals surface area contributed by atoms with Crippen LogP contribution in [0, 0.1) is 5.92 Å². The number of aromatic nitrogens is 1.